The van der Waals surface area contributed by atoms with Crippen LogP contribution in [0.1, 0.15) is 10.5 Å². The number of aromatic nitrogens is 1. The number of hydrogen-bond acceptors (Lipinski definition) is 5. The number of carbonyl (C=O) groups excluding carboxylic acids is 1. The highest BCUT2D eigenvalue weighted by molar-refractivity contribution is 5.99. The number of pyridine rings is 1. The molecule has 2 aromatic carbocycles. The third-order valence-electron chi connectivity index (χ3n) is 3.89. The van der Waals surface area contributed by atoms with Gasteiger partial charge in [0.05, 0.1) is 19.7 Å². The number of fused-ring (bicyclic) bond motifs is 1. The molecular weight excluding hydrogens is 336 g/mol. The summed E-state index contributed by atoms with van der Waals surface area (Å²) in [5.74, 6) is -0.285. The predicted octanol–water partition coefficient (Wildman–Crippen LogP) is 3.73. The van der Waals surface area contributed by atoms with Gasteiger partial charge in [0, 0.05) is 22.1 Å². The SMILES string of the molecule is COC(=O)c1c(N=[N+]=[N-])c(=O)c2ccc(OC)cc2n1-c1ccccc1. The van der Waals surface area contributed by atoms with E-state index in [-0.39, 0.29) is 16.8 Å². The van der Waals surface area contributed by atoms with Crippen LogP contribution in [0, 0.1) is 0 Å². The van der Waals surface area contributed by atoms with Gasteiger partial charge in [-0.05, 0) is 29.8 Å². The molecule has 26 heavy (non-hydrogen) atoms. The first kappa shape index (κ1) is 17.1. The first-order valence-electron chi connectivity index (χ1n) is 7.58. The molecule has 0 unspecified atom stereocenters. The van der Waals surface area contributed by atoms with Gasteiger partial charge in [-0.2, -0.15) is 0 Å². The van der Waals surface area contributed by atoms with Crippen LogP contribution >= 0.6 is 0 Å². The Morgan fingerprint density at radius 3 is 2.50 bits per heavy atom. The van der Waals surface area contributed by atoms with Crippen molar-refractivity contribution >= 4 is 22.6 Å². The summed E-state index contributed by atoms with van der Waals surface area (Å²) in [4.78, 5) is 28.0. The molecule has 1 heterocycles. The monoisotopic (exact) mass is 350 g/mol. The number of para-hydroxylation sites is 1. The van der Waals surface area contributed by atoms with Gasteiger partial charge in [0.2, 0.25) is 0 Å². The summed E-state index contributed by atoms with van der Waals surface area (Å²) >= 11 is 0. The van der Waals surface area contributed by atoms with Crippen LogP contribution in [0.5, 0.6) is 5.75 Å². The minimum absolute atomic E-state index is 0.151. The molecule has 0 bridgehead atoms. The Morgan fingerprint density at radius 1 is 1.15 bits per heavy atom. The van der Waals surface area contributed by atoms with E-state index in [1.807, 2.05) is 6.07 Å². The number of azide groups is 1. The topological polar surface area (TPSA) is 106 Å². The average Bonchev–Trinajstić information content (AvgIpc) is 2.69. The van der Waals surface area contributed by atoms with Gasteiger partial charge in [-0.15, -0.1) is 0 Å². The minimum atomic E-state index is -0.793. The molecule has 8 heteroatoms. The zero-order valence-corrected chi connectivity index (χ0v) is 14.0. The quantitative estimate of drug-likeness (QED) is 0.309. The molecule has 3 rings (SSSR count). The summed E-state index contributed by atoms with van der Waals surface area (Å²) in [6.07, 6.45) is 0. The van der Waals surface area contributed by atoms with Gasteiger partial charge in [-0.3, -0.25) is 4.79 Å². The summed E-state index contributed by atoms with van der Waals surface area (Å²) in [6, 6.07) is 13.7. The number of methoxy groups -OCH3 is 2. The van der Waals surface area contributed by atoms with Crippen LogP contribution in [-0.4, -0.2) is 24.8 Å². The number of nitrogens with zero attached hydrogens (tertiary/aromatic N) is 4. The van der Waals surface area contributed by atoms with E-state index in [9.17, 15) is 9.59 Å². The largest absolute Gasteiger partial charge is 0.497 e. The molecule has 0 amide bonds. The lowest BCUT2D eigenvalue weighted by atomic mass is 10.1. The molecule has 0 radical (unpaired) electrons. The Hall–Kier alpha value is -3.77. The number of esters is 1. The Bertz CT molecular complexity index is 1100. The van der Waals surface area contributed by atoms with Crippen LogP contribution in [0.2, 0.25) is 0 Å². The summed E-state index contributed by atoms with van der Waals surface area (Å²) in [5, 5.41) is 3.75. The molecule has 0 saturated heterocycles. The van der Waals surface area contributed by atoms with Crippen LogP contribution in [0.3, 0.4) is 0 Å². The van der Waals surface area contributed by atoms with Gasteiger partial charge in [0.25, 0.3) is 0 Å². The van der Waals surface area contributed by atoms with Crippen LogP contribution in [-0.2, 0) is 4.74 Å². The third-order valence-corrected chi connectivity index (χ3v) is 3.89. The van der Waals surface area contributed by atoms with Gasteiger partial charge in [-0.25, -0.2) is 4.79 Å². The second kappa shape index (κ2) is 7.00. The Morgan fingerprint density at radius 2 is 1.88 bits per heavy atom. The minimum Gasteiger partial charge on any atom is -0.497 e. The number of benzene rings is 2. The summed E-state index contributed by atoms with van der Waals surface area (Å²) in [7, 11) is 2.69. The standard InChI is InChI=1S/C18H14N4O4/c1-25-12-8-9-13-14(10-12)22(11-6-4-3-5-7-11)16(18(24)26-2)15(17(13)23)20-21-19/h3-10H,1-2H3. The lowest BCUT2D eigenvalue weighted by Crippen LogP contribution is -2.19. The van der Waals surface area contributed by atoms with E-state index in [2.05, 4.69) is 10.0 Å². The van der Waals surface area contributed by atoms with Gasteiger partial charge in [0.15, 0.2) is 5.43 Å². The molecule has 8 nitrogen and oxygen atoms in total. The molecule has 0 aliphatic heterocycles. The number of hydrogen-bond donors (Lipinski definition) is 0. The lowest BCUT2D eigenvalue weighted by molar-refractivity contribution is 0.0592. The molecule has 0 spiro atoms. The van der Waals surface area contributed by atoms with Crippen molar-refractivity contribution in [1.29, 1.82) is 0 Å². The van der Waals surface area contributed by atoms with Crippen LogP contribution in [0.25, 0.3) is 27.0 Å². The van der Waals surface area contributed by atoms with E-state index in [0.717, 1.165) is 0 Å². The lowest BCUT2D eigenvalue weighted by Gasteiger charge is -2.18. The fourth-order valence-electron chi connectivity index (χ4n) is 2.74. The van der Waals surface area contributed by atoms with E-state index in [4.69, 9.17) is 15.0 Å². The molecule has 1 aromatic heterocycles. The maximum Gasteiger partial charge on any atom is 0.355 e. The number of rotatable bonds is 4. The fraction of sp³-hybridized carbons (Fsp3) is 0.111. The zero-order chi connectivity index (χ0) is 18.7. The molecule has 3 aromatic rings. The maximum atomic E-state index is 12.8. The van der Waals surface area contributed by atoms with Crippen molar-refractivity contribution in [3.63, 3.8) is 0 Å². The fourth-order valence-corrected chi connectivity index (χ4v) is 2.74. The highest BCUT2D eigenvalue weighted by Crippen LogP contribution is 2.29. The van der Waals surface area contributed by atoms with Crippen molar-refractivity contribution in [3.05, 3.63) is 74.9 Å². The predicted molar refractivity (Wildman–Crippen MR) is 96.2 cm³/mol. The molecule has 0 aliphatic carbocycles. The molecular formula is C18H14N4O4. The Kier molecular flexibility index (Phi) is 4.59. The third kappa shape index (κ3) is 2.74. The van der Waals surface area contributed by atoms with Crippen LogP contribution in [0.4, 0.5) is 5.69 Å². The summed E-state index contributed by atoms with van der Waals surface area (Å²) < 4.78 is 11.6. The summed E-state index contributed by atoms with van der Waals surface area (Å²) in [6.45, 7) is 0. The van der Waals surface area contributed by atoms with E-state index >= 15 is 0 Å². The van der Waals surface area contributed by atoms with Gasteiger partial charge >= 0.3 is 5.97 Å². The van der Waals surface area contributed by atoms with E-state index in [1.165, 1.54) is 18.8 Å². The molecule has 0 aliphatic rings. The van der Waals surface area contributed by atoms with Crippen molar-refractivity contribution in [3.8, 4) is 11.4 Å². The summed E-state index contributed by atoms with van der Waals surface area (Å²) in [5.41, 5.74) is 8.87. The second-order valence-corrected chi connectivity index (χ2v) is 5.26. The first-order valence-corrected chi connectivity index (χ1v) is 7.58. The van der Waals surface area contributed by atoms with Gasteiger partial charge in [0.1, 0.15) is 17.1 Å². The Balaban J connectivity index is 2.61. The van der Waals surface area contributed by atoms with Crippen molar-refractivity contribution in [2.24, 2.45) is 5.11 Å². The molecule has 0 N–H and O–H groups in total. The smallest absolute Gasteiger partial charge is 0.355 e. The molecule has 0 atom stereocenters. The molecule has 0 fully saturated rings. The van der Waals surface area contributed by atoms with Crippen LogP contribution < -0.4 is 10.2 Å². The van der Waals surface area contributed by atoms with Crippen LogP contribution in [0.15, 0.2) is 58.4 Å². The molecule has 0 saturated carbocycles. The highest BCUT2D eigenvalue weighted by Gasteiger charge is 2.23. The van der Waals surface area contributed by atoms with Crippen molar-refractivity contribution in [2.75, 3.05) is 14.2 Å². The first-order chi connectivity index (χ1) is 12.6. The van der Waals surface area contributed by atoms with Crippen molar-refractivity contribution in [2.45, 2.75) is 0 Å². The van der Waals surface area contributed by atoms with Gasteiger partial charge < -0.3 is 14.0 Å². The van der Waals surface area contributed by atoms with E-state index < -0.39 is 11.4 Å². The Labute approximate surface area is 147 Å². The average molecular weight is 350 g/mol. The number of carbonyl (C=O) groups is 1. The van der Waals surface area contributed by atoms with E-state index in [1.54, 1.807) is 42.5 Å². The zero-order valence-electron chi connectivity index (χ0n) is 14.0. The normalized spacial score (nSPS) is 10.2. The van der Waals surface area contributed by atoms with Gasteiger partial charge in [-0.1, -0.05) is 23.3 Å². The number of ether oxygens (including phenoxy) is 2. The highest BCUT2D eigenvalue weighted by atomic mass is 16.5. The maximum absolute atomic E-state index is 12.8. The van der Waals surface area contributed by atoms with Crippen molar-refractivity contribution in [1.82, 2.24) is 4.57 Å². The molecule has 130 valence electrons. The van der Waals surface area contributed by atoms with Crippen molar-refractivity contribution < 1.29 is 14.3 Å². The van der Waals surface area contributed by atoms with E-state index in [0.29, 0.717) is 17.0 Å². The second-order valence-electron chi connectivity index (χ2n) is 5.26.